The van der Waals surface area contributed by atoms with Crippen LogP contribution in [0.3, 0.4) is 0 Å². The fraction of sp³-hybridized carbons (Fsp3) is 1.00. The van der Waals surface area contributed by atoms with Crippen LogP contribution in [0.25, 0.3) is 0 Å². The Hall–Kier alpha value is -0.0800. The Balaban J connectivity index is 1.70. The summed E-state index contributed by atoms with van der Waals surface area (Å²) in [5.74, 6) is 1.84. The molecular formula is C17H34N2. The summed E-state index contributed by atoms with van der Waals surface area (Å²) in [6.07, 6.45) is 9.79. The molecule has 0 spiro atoms. The van der Waals surface area contributed by atoms with Gasteiger partial charge >= 0.3 is 0 Å². The van der Waals surface area contributed by atoms with Crippen molar-refractivity contribution < 1.29 is 0 Å². The van der Waals surface area contributed by atoms with Crippen molar-refractivity contribution in [2.45, 2.75) is 77.8 Å². The zero-order valence-corrected chi connectivity index (χ0v) is 13.3. The number of likely N-dealkylation sites (tertiary alicyclic amines) is 1. The first kappa shape index (κ1) is 15.3. The second-order valence-corrected chi connectivity index (χ2v) is 7.10. The number of rotatable bonds is 5. The largest absolute Gasteiger partial charge is 0.311 e. The molecule has 0 bridgehead atoms. The Labute approximate surface area is 120 Å². The molecule has 2 heteroatoms. The molecule has 0 aromatic rings. The normalized spacial score (nSPS) is 32.4. The molecule has 3 unspecified atom stereocenters. The first-order chi connectivity index (χ1) is 9.19. The van der Waals surface area contributed by atoms with Crippen molar-refractivity contribution in [3.05, 3.63) is 0 Å². The fourth-order valence-electron chi connectivity index (χ4n) is 4.09. The number of nitrogens with zero attached hydrogens (tertiary/aromatic N) is 1. The molecule has 1 aliphatic heterocycles. The average Bonchev–Trinajstić information content (AvgIpc) is 2.40. The Morgan fingerprint density at radius 1 is 1.16 bits per heavy atom. The van der Waals surface area contributed by atoms with Gasteiger partial charge in [-0.3, -0.25) is 0 Å². The van der Waals surface area contributed by atoms with Crippen molar-refractivity contribution in [2.24, 2.45) is 11.8 Å². The smallest absolute Gasteiger partial charge is 0.00721 e. The summed E-state index contributed by atoms with van der Waals surface area (Å²) in [5, 5.41) is 3.95. The van der Waals surface area contributed by atoms with Gasteiger partial charge in [0.1, 0.15) is 0 Å². The SMILES string of the molecule is CCCN1CCC(C(C)NC2CCCC(C)C2)CC1. The van der Waals surface area contributed by atoms with Gasteiger partial charge in [0, 0.05) is 12.1 Å². The van der Waals surface area contributed by atoms with E-state index in [4.69, 9.17) is 0 Å². The first-order valence-corrected chi connectivity index (χ1v) is 8.67. The van der Waals surface area contributed by atoms with Crippen LogP contribution in [-0.4, -0.2) is 36.6 Å². The third-order valence-corrected chi connectivity index (χ3v) is 5.31. The summed E-state index contributed by atoms with van der Waals surface area (Å²) in [5.41, 5.74) is 0. The van der Waals surface area contributed by atoms with E-state index in [1.54, 1.807) is 0 Å². The lowest BCUT2D eigenvalue weighted by atomic mass is 9.84. The van der Waals surface area contributed by atoms with Crippen molar-refractivity contribution in [1.82, 2.24) is 10.2 Å². The highest BCUT2D eigenvalue weighted by Gasteiger charge is 2.26. The molecule has 2 aliphatic rings. The van der Waals surface area contributed by atoms with Crippen molar-refractivity contribution in [1.29, 1.82) is 0 Å². The third kappa shape index (κ3) is 4.75. The zero-order chi connectivity index (χ0) is 13.7. The van der Waals surface area contributed by atoms with Crippen LogP contribution in [0.4, 0.5) is 0 Å². The molecular weight excluding hydrogens is 232 g/mol. The van der Waals surface area contributed by atoms with E-state index in [0.717, 1.165) is 23.9 Å². The predicted octanol–water partition coefficient (Wildman–Crippen LogP) is 3.67. The highest BCUT2D eigenvalue weighted by atomic mass is 15.1. The first-order valence-electron chi connectivity index (χ1n) is 8.67. The average molecular weight is 266 g/mol. The lowest BCUT2D eigenvalue weighted by molar-refractivity contribution is 0.152. The Morgan fingerprint density at radius 3 is 2.53 bits per heavy atom. The summed E-state index contributed by atoms with van der Waals surface area (Å²) in [6, 6.07) is 1.52. The molecule has 1 aliphatic carbocycles. The molecule has 2 fully saturated rings. The monoisotopic (exact) mass is 266 g/mol. The van der Waals surface area contributed by atoms with E-state index in [2.05, 4.69) is 31.0 Å². The van der Waals surface area contributed by atoms with E-state index in [1.165, 1.54) is 64.6 Å². The van der Waals surface area contributed by atoms with E-state index in [0.29, 0.717) is 0 Å². The van der Waals surface area contributed by atoms with Crippen molar-refractivity contribution in [3.63, 3.8) is 0 Å². The van der Waals surface area contributed by atoms with E-state index in [9.17, 15) is 0 Å². The Bertz CT molecular complexity index is 246. The van der Waals surface area contributed by atoms with Gasteiger partial charge in [-0.1, -0.05) is 26.7 Å². The van der Waals surface area contributed by atoms with Crippen molar-refractivity contribution in [2.75, 3.05) is 19.6 Å². The summed E-state index contributed by atoms with van der Waals surface area (Å²) < 4.78 is 0. The lowest BCUT2D eigenvalue weighted by Gasteiger charge is -2.38. The van der Waals surface area contributed by atoms with Crippen molar-refractivity contribution >= 4 is 0 Å². The fourth-order valence-corrected chi connectivity index (χ4v) is 4.09. The topological polar surface area (TPSA) is 15.3 Å². The van der Waals surface area contributed by atoms with Gasteiger partial charge in [-0.05, 0) is 70.5 Å². The molecule has 2 rings (SSSR count). The molecule has 0 amide bonds. The maximum Gasteiger partial charge on any atom is 0.00721 e. The van der Waals surface area contributed by atoms with Crippen LogP contribution in [0.1, 0.15) is 65.7 Å². The van der Waals surface area contributed by atoms with E-state index >= 15 is 0 Å². The van der Waals surface area contributed by atoms with Gasteiger partial charge in [-0.15, -0.1) is 0 Å². The van der Waals surface area contributed by atoms with Gasteiger partial charge in [0.2, 0.25) is 0 Å². The van der Waals surface area contributed by atoms with Crippen LogP contribution in [0.2, 0.25) is 0 Å². The quantitative estimate of drug-likeness (QED) is 0.817. The Kier molecular flexibility index (Phi) is 6.15. The van der Waals surface area contributed by atoms with Crippen LogP contribution >= 0.6 is 0 Å². The molecule has 0 aromatic carbocycles. The molecule has 19 heavy (non-hydrogen) atoms. The highest BCUT2D eigenvalue weighted by molar-refractivity contribution is 4.84. The molecule has 1 saturated carbocycles. The summed E-state index contributed by atoms with van der Waals surface area (Å²) in [6.45, 7) is 11.1. The number of piperidine rings is 1. The van der Waals surface area contributed by atoms with Gasteiger partial charge < -0.3 is 10.2 Å². The molecule has 0 aromatic heterocycles. The molecule has 1 N–H and O–H groups in total. The van der Waals surface area contributed by atoms with E-state index in [-0.39, 0.29) is 0 Å². The highest BCUT2D eigenvalue weighted by Crippen LogP contribution is 2.26. The van der Waals surface area contributed by atoms with Crippen LogP contribution in [0.15, 0.2) is 0 Å². The zero-order valence-electron chi connectivity index (χ0n) is 13.3. The van der Waals surface area contributed by atoms with E-state index in [1.807, 2.05) is 0 Å². The molecule has 2 nitrogen and oxygen atoms in total. The Morgan fingerprint density at radius 2 is 1.89 bits per heavy atom. The minimum absolute atomic E-state index is 0.721. The molecule has 1 heterocycles. The van der Waals surface area contributed by atoms with Gasteiger partial charge in [-0.2, -0.15) is 0 Å². The maximum absolute atomic E-state index is 3.95. The summed E-state index contributed by atoms with van der Waals surface area (Å²) >= 11 is 0. The van der Waals surface area contributed by atoms with Crippen LogP contribution in [0, 0.1) is 11.8 Å². The molecule has 1 saturated heterocycles. The van der Waals surface area contributed by atoms with Gasteiger partial charge in [0.05, 0.1) is 0 Å². The standard InChI is InChI=1S/C17H34N2/c1-4-10-19-11-8-16(9-12-19)15(3)18-17-7-5-6-14(2)13-17/h14-18H,4-13H2,1-3H3. The molecule has 112 valence electrons. The lowest BCUT2D eigenvalue weighted by Crippen LogP contribution is -2.46. The summed E-state index contributed by atoms with van der Waals surface area (Å²) in [4.78, 5) is 2.64. The number of nitrogens with one attached hydrogen (secondary N) is 1. The van der Waals surface area contributed by atoms with E-state index < -0.39 is 0 Å². The minimum Gasteiger partial charge on any atom is -0.311 e. The second kappa shape index (κ2) is 7.64. The van der Waals surface area contributed by atoms with Gasteiger partial charge in [0.15, 0.2) is 0 Å². The third-order valence-electron chi connectivity index (χ3n) is 5.31. The number of hydrogen-bond acceptors (Lipinski definition) is 2. The van der Waals surface area contributed by atoms with Crippen LogP contribution in [0.5, 0.6) is 0 Å². The predicted molar refractivity (Wildman–Crippen MR) is 83.5 cm³/mol. The van der Waals surface area contributed by atoms with Gasteiger partial charge in [0.25, 0.3) is 0 Å². The second-order valence-electron chi connectivity index (χ2n) is 7.10. The maximum atomic E-state index is 3.95. The molecule has 0 radical (unpaired) electrons. The van der Waals surface area contributed by atoms with Crippen LogP contribution in [-0.2, 0) is 0 Å². The molecule has 3 atom stereocenters. The minimum atomic E-state index is 0.721. The summed E-state index contributed by atoms with van der Waals surface area (Å²) in [7, 11) is 0. The van der Waals surface area contributed by atoms with Gasteiger partial charge in [-0.25, -0.2) is 0 Å². The van der Waals surface area contributed by atoms with Crippen molar-refractivity contribution in [3.8, 4) is 0 Å². The van der Waals surface area contributed by atoms with Crippen LogP contribution < -0.4 is 5.32 Å². The number of hydrogen-bond donors (Lipinski definition) is 1.